The number of carbonyl (C=O) groups excluding carboxylic acids is 2. The maximum atomic E-state index is 12.9. The van der Waals surface area contributed by atoms with Crippen LogP contribution >= 0.6 is 0 Å². The minimum absolute atomic E-state index is 0.185. The summed E-state index contributed by atoms with van der Waals surface area (Å²) in [5.74, 6) is -0.149. The van der Waals surface area contributed by atoms with Crippen LogP contribution in [0.1, 0.15) is 85.8 Å². The first-order valence-corrected chi connectivity index (χ1v) is 10.3. The van der Waals surface area contributed by atoms with Crippen LogP contribution in [0.2, 0.25) is 0 Å². The van der Waals surface area contributed by atoms with Gasteiger partial charge in [0.25, 0.3) is 11.8 Å². The summed E-state index contributed by atoms with van der Waals surface area (Å²) >= 11 is 0. The van der Waals surface area contributed by atoms with Gasteiger partial charge in [0.1, 0.15) is 0 Å². The largest absolute Gasteiger partial charge is 0.349 e. The van der Waals surface area contributed by atoms with Gasteiger partial charge in [0.15, 0.2) is 5.69 Å². The second kappa shape index (κ2) is 9.53. The van der Waals surface area contributed by atoms with E-state index in [1.165, 1.54) is 12.8 Å². The van der Waals surface area contributed by atoms with Crippen LogP contribution < -0.4 is 10.6 Å². The van der Waals surface area contributed by atoms with Crippen LogP contribution in [0, 0.1) is 0 Å². The van der Waals surface area contributed by atoms with Crippen molar-refractivity contribution in [2.45, 2.75) is 70.8 Å². The molecular formula is C21H30N4O2. The highest BCUT2D eigenvalue weighted by Crippen LogP contribution is 2.19. The van der Waals surface area contributed by atoms with E-state index in [2.05, 4.69) is 22.5 Å². The first-order valence-electron chi connectivity index (χ1n) is 10.3. The lowest BCUT2D eigenvalue weighted by atomic mass is 10.1. The highest BCUT2D eigenvalue weighted by atomic mass is 16.2. The number of imidazole rings is 1. The van der Waals surface area contributed by atoms with Crippen molar-refractivity contribution < 1.29 is 9.59 Å². The van der Waals surface area contributed by atoms with E-state index in [0.29, 0.717) is 17.8 Å². The molecule has 0 spiro atoms. The fourth-order valence-electron chi connectivity index (χ4n) is 3.70. The summed E-state index contributed by atoms with van der Waals surface area (Å²) < 4.78 is 1.71. The predicted octanol–water partition coefficient (Wildman–Crippen LogP) is 3.71. The van der Waals surface area contributed by atoms with Crippen LogP contribution in [0.15, 0.2) is 24.4 Å². The van der Waals surface area contributed by atoms with Crippen molar-refractivity contribution in [1.29, 1.82) is 0 Å². The average molecular weight is 370 g/mol. The maximum absolute atomic E-state index is 12.9. The number of unbranched alkanes of at least 4 members (excludes halogenated alkanes) is 2. The van der Waals surface area contributed by atoms with Crippen LogP contribution in [0.3, 0.4) is 0 Å². The lowest BCUT2D eigenvalue weighted by Gasteiger charge is -2.15. The van der Waals surface area contributed by atoms with Crippen molar-refractivity contribution in [3.05, 3.63) is 35.9 Å². The summed E-state index contributed by atoms with van der Waals surface area (Å²) in [6, 6.07) is 5.74. The number of carbonyl (C=O) groups is 2. The standard InChI is InChI=1S/C21H30N4O2/c1-2-3-9-14-22-21(27)19-24-18(17-13-8-10-15-25(17)19)20(26)23-16-11-6-4-5-7-12-16/h8,10,13,15-16H,2-7,9,11-12,14H2,1H3,(H,22,27)(H,23,26). The third kappa shape index (κ3) is 4.87. The van der Waals surface area contributed by atoms with Crippen LogP contribution in [0.5, 0.6) is 0 Å². The van der Waals surface area contributed by atoms with Crippen molar-refractivity contribution >= 4 is 17.3 Å². The molecule has 1 aliphatic carbocycles. The molecule has 6 nitrogen and oxygen atoms in total. The van der Waals surface area contributed by atoms with Crippen LogP contribution in [-0.2, 0) is 0 Å². The normalized spacial score (nSPS) is 15.4. The van der Waals surface area contributed by atoms with Crippen molar-refractivity contribution in [1.82, 2.24) is 20.0 Å². The SMILES string of the molecule is CCCCCNC(=O)c1nc(C(=O)NC2CCCCCC2)c2ccccn12. The summed E-state index contributed by atoms with van der Waals surface area (Å²) in [6.45, 7) is 2.75. The average Bonchev–Trinajstić information content (AvgIpc) is 2.88. The van der Waals surface area contributed by atoms with E-state index in [9.17, 15) is 9.59 Å². The summed E-state index contributed by atoms with van der Waals surface area (Å²) in [7, 11) is 0. The Morgan fingerprint density at radius 3 is 2.63 bits per heavy atom. The minimum atomic E-state index is -0.235. The number of amides is 2. The van der Waals surface area contributed by atoms with Crippen LogP contribution in [0.25, 0.3) is 5.52 Å². The van der Waals surface area contributed by atoms with Crippen LogP contribution in [-0.4, -0.2) is 33.8 Å². The Bertz CT molecular complexity index is 776. The Kier molecular flexibility index (Phi) is 6.85. The van der Waals surface area contributed by atoms with Crippen molar-refractivity contribution in [3.8, 4) is 0 Å². The monoisotopic (exact) mass is 370 g/mol. The molecule has 2 amide bonds. The third-order valence-corrected chi connectivity index (χ3v) is 5.22. The van der Waals surface area contributed by atoms with Crippen molar-refractivity contribution in [2.75, 3.05) is 6.54 Å². The van der Waals surface area contributed by atoms with Gasteiger partial charge in [-0.2, -0.15) is 0 Å². The second-order valence-corrected chi connectivity index (χ2v) is 7.36. The maximum Gasteiger partial charge on any atom is 0.287 e. The molecule has 6 heteroatoms. The molecule has 2 heterocycles. The lowest BCUT2D eigenvalue weighted by molar-refractivity contribution is 0.0930. The first-order chi connectivity index (χ1) is 13.2. The van der Waals surface area contributed by atoms with E-state index >= 15 is 0 Å². The summed E-state index contributed by atoms with van der Waals surface area (Å²) in [5.41, 5.74) is 1.00. The van der Waals surface area contributed by atoms with Gasteiger partial charge in [-0.15, -0.1) is 0 Å². The Morgan fingerprint density at radius 2 is 1.89 bits per heavy atom. The predicted molar refractivity (Wildman–Crippen MR) is 106 cm³/mol. The van der Waals surface area contributed by atoms with Gasteiger partial charge in [-0.3, -0.25) is 14.0 Å². The number of hydrogen-bond acceptors (Lipinski definition) is 3. The van der Waals surface area contributed by atoms with Crippen LogP contribution in [0.4, 0.5) is 0 Å². The number of rotatable bonds is 7. The molecule has 0 bridgehead atoms. The number of pyridine rings is 1. The fraction of sp³-hybridized carbons (Fsp3) is 0.571. The third-order valence-electron chi connectivity index (χ3n) is 5.22. The highest BCUT2D eigenvalue weighted by molar-refractivity contribution is 6.02. The Hall–Kier alpha value is -2.37. The van der Waals surface area contributed by atoms with E-state index in [1.54, 1.807) is 10.6 Å². The molecule has 0 aliphatic heterocycles. The molecule has 0 aromatic carbocycles. The quantitative estimate of drug-likeness (QED) is 0.576. The Morgan fingerprint density at radius 1 is 1.11 bits per heavy atom. The van der Waals surface area contributed by atoms with Gasteiger partial charge in [0.05, 0.1) is 5.52 Å². The topological polar surface area (TPSA) is 75.5 Å². The molecule has 2 aromatic rings. The molecule has 0 radical (unpaired) electrons. The summed E-state index contributed by atoms with van der Waals surface area (Å²) in [5, 5.41) is 6.05. The van der Waals surface area contributed by atoms with Gasteiger partial charge in [0, 0.05) is 18.8 Å². The van der Waals surface area contributed by atoms with Gasteiger partial charge in [-0.25, -0.2) is 4.98 Å². The molecule has 1 saturated carbocycles. The van der Waals surface area contributed by atoms with E-state index in [0.717, 1.165) is 44.9 Å². The zero-order chi connectivity index (χ0) is 19.1. The molecule has 3 rings (SSSR count). The molecule has 2 N–H and O–H groups in total. The molecule has 0 saturated heterocycles. The zero-order valence-electron chi connectivity index (χ0n) is 16.2. The van der Waals surface area contributed by atoms with Gasteiger partial charge in [0.2, 0.25) is 5.82 Å². The van der Waals surface area contributed by atoms with Gasteiger partial charge < -0.3 is 10.6 Å². The minimum Gasteiger partial charge on any atom is -0.349 e. The molecule has 0 atom stereocenters. The molecule has 2 aromatic heterocycles. The first kappa shape index (κ1) is 19.4. The number of nitrogens with zero attached hydrogens (tertiary/aromatic N) is 2. The fourth-order valence-corrected chi connectivity index (χ4v) is 3.70. The van der Waals surface area contributed by atoms with Gasteiger partial charge in [-0.05, 0) is 31.4 Å². The lowest BCUT2D eigenvalue weighted by Crippen LogP contribution is -2.34. The molecule has 146 valence electrons. The highest BCUT2D eigenvalue weighted by Gasteiger charge is 2.23. The van der Waals surface area contributed by atoms with Crippen molar-refractivity contribution in [2.24, 2.45) is 0 Å². The van der Waals surface area contributed by atoms with Gasteiger partial charge >= 0.3 is 0 Å². The number of hydrogen-bond donors (Lipinski definition) is 2. The number of fused-ring (bicyclic) bond motifs is 1. The van der Waals surface area contributed by atoms with E-state index in [4.69, 9.17) is 0 Å². The summed E-state index contributed by atoms with van der Waals surface area (Å²) in [6.07, 6.45) is 11.7. The van der Waals surface area contributed by atoms with E-state index in [1.807, 2.05) is 18.2 Å². The smallest absolute Gasteiger partial charge is 0.287 e. The number of nitrogens with one attached hydrogen (secondary N) is 2. The Balaban J connectivity index is 1.77. The molecule has 0 unspecified atom stereocenters. The van der Waals surface area contributed by atoms with Gasteiger partial charge in [-0.1, -0.05) is 51.5 Å². The van der Waals surface area contributed by atoms with E-state index in [-0.39, 0.29) is 23.7 Å². The van der Waals surface area contributed by atoms with E-state index < -0.39 is 0 Å². The molecule has 1 aliphatic rings. The molecule has 27 heavy (non-hydrogen) atoms. The Labute approximate surface area is 160 Å². The zero-order valence-corrected chi connectivity index (χ0v) is 16.2. The number of aromatic nitrogens is 2. The van der Waals surface area contributed by atoms with Crippen molar-refractivity contribution in [3.63, 3.8) is 0 Å². The molecular weight excluding hydrogens is 340 g/mol. The summed E-state index contributed by atoms with van der Waals surface area (Å²) in [4.78, 5) is 29.8. The molecule has 1 fully saturated rings. The second-order valence-electron chi connectivity index (χ2n) is 7.36.